The molecule has 0 radical (unpaired) electrons. The van der Waals surface area contributed by atoms with Crippen LogP contribution in [-0.4, -0.2) is 17.4 Å². The highest BCUT2D eigenvalue weighted by Gasteiger charge is 2.32. The number of carbonyl (C=O) groups is 1. The summed E-state index contributed by atoms with van der Waals surface area (Å²) in [7, 11) is 0. The first-order chi connectivity index (χ1) is 6.16. The number of amides is 1. The fourth-order valence-corrected chi connectivity index (χ4v) is 1.73. The zero-order valence-corrected chi connectivity index (χ0v) is 8.05. The molecule has 1 aliphatic carbocycles. The number of hydrogen-bond donors (Lipinski definition) is 4. The smallest absolute Gasteiger partial charge is 0.248 e. The van der Waals surface area contributed by atoms with Crippen LogP contribution in [0.3, 0.4) is 0 Å². The quantitative estimate of drug-likeness (QED) is 0.455. The highest BCUT2D eigenvalue weighted by atomic mass is 32.1. The molecule has 0 aromatic heterocycles. The average molecular weight is 199 g/mol. The van der Waals surface area contributed by atoms with Crippen molar-refractivity contribution in [2.45, 2.75) is 24.4 Å². The maximum atomic E-state index is 11.1. The highest BCUT2D eigenvalue weighted by molar-refractivity contribution is 7.80. The van der Waals surface area contributed by atoms with Gasteiger partial charge in [0.25, 0.3) is 0 Å². The number of carbonyl (C=O) groups excluding carboxylic acids is 1. The van der Waals surface area contributed by atoms with Gasteiger partial charge in [-0.05, 0) is 18.8 Å². The predicted octanol–water partition coefficient (Wildman–Crippen LogP) is -0.460. The van der Waals surface area contributed by atoms with Gasteiger partial charge in [-0.25, -0.2) is 0 Å². The molecule has 0 aromatic carbocycles. The molecule has 1 saturated carbocycles. The molecule has 72 valence electrons. The summed E-state index contributed by atoms with van der Waals surface area (Å²) in [6, 6.07) is -0.0271. The number of nitrogens with two attached hydrogens (primary N) is 1. The third-order valence-corrected chi connectivity index (χ3v) is 2.62. The second kappa shape index (κ2) is 3.23. The molecule has 5 heteroatoms. The second-order valence-corrected chi connectivity index (χ2v) is 4.03. The fourth-order valence-electron chi connectivity index (χ4n) is 1.45. The summed E-state index contributed by atoms with van der Waals surface area (Å²) in [5, 5.41) is 5.64. The van der Waals surface area contributed by atoms with Crippen molar-refractivity contribution in [3.63, 3.8) is 0 Å². The van der Waals surface area contributed by atoms with Gasteiger partial charge in [0, 0.05) is 17.8 Å². The first-order valence-electron chi connectivity index (χ1n) is 4.39. The van der Waals surface area contributed by atoms with Crippen molar-refractivity contribution in [2.75, 3.05) is 0 Å². The van der Waals surface area contributed by atoms with E-state index in [0.717, 1.165) is 5.70 Å². The molecule has 0 aromatic rings. The standard InChI is InChI=1S/C8H13N3OS/c9-7(4-1-2-4)5-3-6(12)11-8(13)10-5/h3-4,7-8,10,13H,1-2,9H2,(H,11,12). The zero-order chi connectivity index (χ0) is 9.42. The Morgan fingerprint density at radius 3 is 2.77 bits per heavy atom. The third kappa shape index (κ3) is 1.97. The predicted molar refractivity (Wildman–Crippen MR) is 52.8 cm³/mol. The van der Waals surface area contributed by atoms with Crippen LogP contribution in [0.2, 0.25) is 0 Å². The van der Waals surface area contributed by atoms with Crippen LogP contribution in [0.5, 0.6) is 0 Å². The van der Waals surface area contributed by atoms with Crippen LogP contribution in [-0.2, 0) is 4.79 Å². The Morgan fingerprint density at radius 1 is 1.54 bits per heavy atom. The Balaban J connectivity index is 2.07. The zero-order valence-electron chi connectivity index (χ0n) is 7.16. The number of thiol groups is 1. The number of hydrogen-bond acceptors (Lipinski definition) is 4. The first-order valence-corrected chi connectivity index (χ1v) is 4.91. The summed E-state index contributed by atoms with van der Waals surface area (Å²) in [5.41, 5.74) is 6.44. The van der Waals surface area contributed by atoms with Crippen LogP contribution in [0.1, 0.15) is 12.8 Å². The summed E-state index contributed by atoms with van der Waals surface area (Å²) in [6.45, 7) is 0. The molecule has 13 heavy (non-hydrogen) atoms. The molecule has 4 nitrogen and oxygen atoms in total. The molecule has 0 bridgehead atoms. The van der Waals surface area contributed by atoms with Crippen molar-refractivity contribution in [1.82, 2.24) is 10.6 Å². The molecule has 2 atom stereocenters. The molecule has 2 unspecified atom stereocenters. The molecule has 1 heterocycles. The minimum Gasteiger partial charge on any atom is -0.359 e. The van der Waals surface area contributed by atoms with Crippen molar-refractivity contribution >= 4 is 18.5 Å². The lowest BCUT2D eigenvalue weighted by molar-refractivity contribution is -0.117. The lowest BCUT2D eigenvalue weighted by Gasteiger charge is -2.26. The van der Waals surface area contributed by atoms with Crippen molar-refractivity contribution in [1.29, 1.82) is 0 Å². The summed E-state index contributed by atoms with van der Waals surface area (Å²) in [4.78, 5) is 11.1. The van der Waals surface area contributed by atoms with Crippen LogP contribution in [0, 0.1) is 5.92 Å². The monoisotopic (exact) mass is 199 g/mol. The SMILES string of the molecule is NC(C1=CC(=O)NC(S)N1)C1CC1. The number of rotatable bonds is 2. The Bertz CT molecular complexity index is 262. The topological polar surface area (TPSA) is 67.2 Å². The minimum atomic E-state index is -0.308. The minimum absolute atomic E-state index is 0.0271. The Hall–Kier alpha value is -0.680. The second-order valence-electron chi connectivity index (χ2n) is 3.52. The van der Waals surface area contributed by atoms with E-state index in [2.05, 4.69) is 23.3 Å². The molecule has 0 saturated heterocycles. The van der Waals surface area contributed by atoms with E-state index in [9.17, 15) is 4.79 Å². The van der Waals surface area contributed by atoms with E-state index in [0.29, 0.717) is 5.92 Å². The van der Waals surface area contributed by atoms with Crippen LogP contribution in [0.15, 0.2) is 11.8 Å². The Labute approximate surface area is 82.3 Å². The van der Waals surface area contributed by atoms with Crippen molar-refractivity contribution in [3.05, 3.63) is 11.8 Å². The van der Waals surface area contributed by atoms with Crippen molar-refractivity contribution < 1.29 is 4.79 Å². The van der Waals surface area contributed by atoms with E-state index in [-0.39, 0.29) is 17.4 Å². The van der Waals surface area contributed by atoms with Crippen molar-refractivity contribution in [2.24, 2.45) is 11.7 Å². The Kier molecular flexibility index (Phi) is 2.21. The van der Waals surface area contributed by atoms with Crippen LogP contribution >= 0.6 is 12.6 Å². The maximum absolute atomic E-state index is 11.1. The van der Waals surface area contributed by atoms with Crippen LogP contribution in [0.25, 0.3) is 0 Å². The van der Waals surface area contributed by atoms with Gasteiger partial charge in [-0.3, -0.25) is 4.79 Å². The summed E-state index contributed by atoms with van der Waals surface area (Å²) in [5.74, 6) is 0.426. The third-order valence-electron chi connectivity index (χ3n) is 2.36. The van der Waals surface area contributed by atoms with Gasteiger partial charge in [0.05, 0.1) is 0 Å². The molecular formula is C8H13N3OS. The van der Waals surface area contributed by atoms with E-state index in [1.807, 2.05) is 0 Å². The van der Waals surface area contributed by atoms with E-state index in [1.165, 1.54) is 18.9 Å². The van der Waals surface area contributed by atoms with Gasteiger partial charge in [-0.2, -0.15) is 0 Å². The van der Waals surface area contributed by atoms with Crippen molar-refractivity contribution in [3.8, 4) is 0 Å². The Morgan fingerprint density at radius 2 is 2.23 bits per heavy atom. The highest BCUT2D eigenvalue weighted by Crippen LogP contribution is 2.34. The largest absolute Gasteiger partial charge is 0.359 e. The fraction of sp³-hybridized carbons (Fsp3) is 0.625. The van der Waals surface area contributed by atoms with Gasteiger partial charge >= 0.3 is 0 Å². The van der Waals surface area contributed by atoms with Gasteiger partial charge in [0.1, 0.15) is 5.50 Å². The first kappa shape index (κ1) is 8.90. The van der Waals surface area contributed by atoms with Gasteiger partial charge < -0.3 is 16.4 Å². The van der Waals surface area contributed by atoms with E-state index in [1.54, 1.807) is 0 Å². The molecule has 1 amide bonds. The van der Waals surface area contributed by atoms with Gasteiger partial charge in [0.2, 0.25) is 5.91 Å². The maximum Gasteiger partial charge on any atom is 0.248 e. The summed E-state index contributed by atoms with van der Waals surface area (Å²) >= 11 is 4.12. The number of nitrogens with one attached hydrogen (secondary N) is 2. The van der Waals surface area contributed by atoms with E-state index >= 15 is 0 Å². The van der Waals surface area contributed by atoms with E-state index in [4.69, 9.17) is 5.73 Å². The molecule has 1 fully saturated rings. The summed E-state index contributed by atoms with van der Waals surface area (Å²) in [6.07, 6.45) is 3.85. The lowest BCUT2D eigenvalue weighted by atomic mass is 10.1. The van der Waals surface area contributed by atoms with Gasteiger partial charge in [0.15, 0.2) is 0 Å². The van der Waals surface area contributed by atoms with E-state index < -0.39 is 0 Å². The normalized spacial score (nSPS) is 30.2. The molecule has 1 aliphatic heterocycles. The molecular weight excluding hydrogens is 186 g/mol. The average Bonchev–Trinajstić information content (AvgIpc) is 2.83. The summed E-state index contributed by atoms with van der Waals surface area (Å²) < 4.78 is 0. The van der Waals surface area contributed by atoms with Gasteiger partial charge in [-0.1, -0.05) is 0 Å². The van der Waals surface area contributed by atoms with Gasteiger partial charge in [-0.15, -0.1) is 12.6 Å². The van der Waals surface area contributed by atoms with Crippen LogP contribution in [0.4, 0.5) is 0 Å². The molecule has 2 aliphatic rings. The van der Waals surface area contributed by atoms with Crippen LogP contribution < -0.4 is 16.4 Å². The lowest BCUT2D eigenvalue weighted by Crippen LogP contribution is -2.49. The molecule has 4 N–H and O–H groups in total. The molecule has 0 spiro atoms. The molecule has 2 rings (SSSR count).